The molecule has 5 nitrogen and oxygen atoms in total. The maximum atomic E-state index is 13.7. The predicted octanol–water partition coefficient (Wildman–Crippen LogP) is 5.01. The van der Waals surface area contributed by atoms with Gasteiger partial charge in [0, 0.05) is 4.88 Å². The second kappa shape index (κ2) is 8.94. The minimum absolute atomic E-state index is 0.0464. The zero-order valence-electron chi connectivity index (χ0n) is 17.5. The average molecular weight is 443 g/mol. The Bertz CT molecular complexity index is 1120. The van der Waals surface area contributed by atoms with Gasteiger partial charge in [-0.15, -0.1) is 11.3 Å². The number of thiophene rings is 1. The number of para-hydroxylation sites is 1. The van der Waals surface area contributed by atoms with Crippen molar-refractivity contribution in [2.24, 2.45) is 5.92 Å². The Hall–Kier alpha value is -2.12. The maximum Gasteiger partial charge on any atom is 0.319 e. The van der Waals surface area contributed by atoms with Gasteiger partial charge >= 0.3 is 5.97 Å². The largest absolute Gasteiger partial charge is 0.465 e. The monoisotopic (exact) mass is 442 g/mol. The minimum atomic E-state index is -0.453. The lowest BCUT2D eigenvalue weighted by atomic mass is 9.89. The van der Waals surface area contributed by atoms with Crippen molar-refractivity contribution in [2.75, 3.05) is 6.61 Å². The molecule has 3 aromatic rings. The van der Waals surface area contributed by atoms with Crippen molar-refractivity contribution in [3.05, 3.63) is 51.1 Å². The normalized spacial score (nSPS) is 17.0. The first-order chi connectivity index (χ1) is 14.5. The fourth-order valence-corrected chi connectivity index (χ4v) is 6.13. The van der Waals surface area contributed by atoms with Gasteiger partial charge in [0.25, 0.3) is 5.56 Å². The predicted molar refractivity (Wildman–Crippen MR) is 123 cm³/mol. The minimum Gasteiger partial charge on any atom is -0.465 e. The standard InChI is InChI=1S/C23H26N2O3S2/c1-4-12-28-22(27)15(3)29-23-24-20-19(17-11-10-14(2)13-18(17)30-20)21(26)25(23)16-8-6-5-7-9-16/h5-9,14-15H,4,10-13H2,1-3H3. The molecule has 0 spiro atoms. The molecule has 0 N–H and O–H groups in total. The van der Waals surface area contributed by atoms with E-state index in [0.717, 1.165) is 41.6 Å². The van der Waals surface area contributed by atoms with Crippen LogP contribution in [0.1, 0.15) is 44.1 Å². The van der Waals surface area contributed by atoms with Crippen molar-refractivity contribution in [3.8, 4) is 5.69 Å². The molecule has 1 aliphatic carbocycles. The first-order valence-electron chi connectivity index (χ1n) is 10.5. The number of aryl methyl sites for hydroxylation is 1. The van der Waals surface area contributed by atoms with Crippen LogP contribution in [0.2, 0.25) is 0 Å². The zero-order valence-corrected chi connectivity index (χ0v) is 19.1. The molecule has 2 heterocycles. The molecule has 0 bridgehead atoms. The van der Waals surface area contributed by atoms with E-state index < -0.39 is 5.25 Å². The summed E-state index contributed by atoms with van der Waals surface area (Å²) in [5.74, 6) is 0.347. The fourth-order valence-electron chi connectivity index (χ4n) is 3.78. The number of fused-ring (bicyclic) bond motifs is 3. The number of aromatic nitrogens is 2. The smallest absolute Gasteiger partial charge is 0.319 e. The van der Waals surface area contributed by atoms with E-state index in [9.17, 15) is 9.59 Å². The summed E-state index contributed by atoms with van der Waals surface area (Å²) >= 11 is 2.91. The number of thioether (sulfide) groups is 1. The Morgan fingerprint density at radius 3 is 2.87 bits per heavy atom. The number of benzene rings is 1. The second-order valence-corrected chi connectivity index (χ2v) is 10.2. The van der Waals surface area contributed by atoms with Crippen LogP contribution in [0.3, 0.4) is 0 Å². The molecule has 158 valence electrons. The molecule has 0 radical (unpaired) electrons. The Kier molecular flexibility index (Phi) is 6.29. The molecule has 30 heavy (non-hydrogen) atoms. The Morgan fingerprint density at radius 1 is 1.37 bits per heavy atom. The molecular formula is C23H26N2O3S2. The average Bonchev–Trinajstić information content (AvgIpc) is 3.10. The molecule has 0 aliphatic heterocycles. The quantitative estimate of drug-likeness (QED) is 0.305. The van der Waals surface area contributed by atoms with Gasteiger partial charge in [0.15, 0.2) is 5.16 Å². The Balaban J connectivity index is 1.84. The van der Waals surface area contributed by atoms with Crippen molar-refractivity contribution in [1.29, 1.82) is 0 Å². The number of hydrogen-bond acceptors (Lipinski definition) is 6. The Labute approximate surface area is 184 Å². The SMILES string of the molecule is CCCOC(=O)C(C)Sc1nc2sc3c(c2c(=O)n1-c1ccccc1)CCC(C)C3. The molecule has 2 atom stereocenters. The number of rotatable bonds is 6. The Morgan fingerprint density at radius 2 is 2.13 bits per heavy atom. The number of esters is 1. The third-order valence-electron chi connectivity index (χ3n) is 5.38. The zero-order chi connectivity index (χ0) is 21.3. The number of carbonyl (C=O) groups excluding carboxylic acids is 1. The van der Waals surface area contributed by atoms with Gasteiger partial charge in [0.05, 0.1) is 17.7 Å². The van der Waals surface area contributed by atoms with Crippen LogP contribution in [0.5, 0.6) is 0 Å². The topological polar surface area (TPSA) is 61.2 Å². The summed E-state index contributed by atoms with van der Waals surface area (Å²) in [5, 5.41) is 0.827. The van der Waals surface area contributed by atoms with Crippen LogP contribution < -0.4 is 5.56 Å². The molecule has 2 aromatic heterocycles. The van der Waals surface area contributed by atoms with Crippen molar-refractivity contribution < 1.29 is 9.53 Å². The summed E-state index contributed by atoms with van der Waals surface area (Å²) in [6.45, 7) is 6.42. The summed E-state index contributed by atoms with van der Waals surface area (Å²) in [4.78, 5) is 33.0. The summed E-state index contributed by atoms with van der Waals surface area (Å²) in [6.07, 6.45) is 3.81. The highest BCUT2D eigenvalue weighted by Crippen LogP contribution is 2.37. The van der Waals surface area contributed by atoms with E-state index in [1.54, 1.807) is 22.8 Å². The van der Waals surface area contributed by atoms with Crippen molar-refractivity contribution in [2.45, 2.75) is 56.9 Å². The molecule has 0 amide bonds. The molecule has 7 heteroatoms. The van der Waals surface area contributed by atoms with Crippen LogP contribution in [0.4, 0.5) is 0 Å². The molecule has 2 unspecified atom stereocenters. The van der Waals surface area contributed by atoms with E-state index in [4.69, 9.17) is 9.72 Å². The van der Waals surface area contributed by atoms with E-state index in [1.165, 1.54) is 22.2 Å². The van der Waals surface area contributed by atoms with E-state index in [2.05, 4.69) is 6.92 Å². The molecule has 4 rings (SSSR count). The lowest BCUT2D eigenvalue weighted by Crippen LogP contribution is -2.25. The van der Waals surface area contributed by atoms with E-state index in [-0.39, 0.29) is 11.5 Å². The lowest BCUT2D eigenvalue weighted by Gasteiger charge is -2.18. The van der Waals surface area contributed by atoms with Gasteiger partial charge in [0.2, 0.25) is 0 Å². The lowest BCUT2D eigenvalue weighted by molar-refractivity contribution is -0.142. The molecule has 0 saturated heterocycles. The van der Waals surface area contributed by atoms with Gasteiger partial charge in [-0.3, -0.25) is 14.2 Å². The van der Waals surface area contributed by atoms with Crippen LogP contribution in [-0.2, 0) is 22.4 Å². The highest BCUT2D eigenvalue weighted by atomic mass is 32.2. The summed E-state index contributed by atoms with van der Waals surface area (Å²) < 4.78 is 6.95. The van der Waals surface area contributed by atoms with Gasteiger partial charge in [-0.25, -0.2) is 4.98 Å². The van der Waals surface area contributed by atoms with Crippen LogP contribution in [0.15, 0.2) is 40.3 Å². The third kappa shape index (κ3) is 4.05. The molecule has 1 aliphatic rings. The highest BCUT2D eigenvalue weighted by Gasteiger charge is 2.26. The number of carbonyl (C=O) groups is 1. The van der Waals surface area contributed by atoms with Crippen LogP contribution in [0.25, 0.3) is 15.9 Å². The number of nitrogens with zero attached hydrogens (tertiary/aromatic N) is 2. The van der Waals surface area contributed by atoms with Crippen LogP contribution in [-0.4, -0.2) is 27.4 Å². The summed E-state index contributed by atoms with van der Waals surface area (Å²) in [6, 6.07) is 9.54. The summed E-state index contributed by atoms with van der Waals surface area (Å²) in [5.41, 5.74) is 1.88. The van der Waals surface area contributed by atoms with Crippen LogP contribution >= 0.6 is 23.1 Å². The molecule has 0 saturated carbocycles. The molecular weight excluding hydrogens is 416 g/mol. The second-order valence-electron chi connectivity index (χ2n) is 7.83. The molecule has 1 aromatic carbocycles. The van der Waals surface area contributed by atoms with Gasteiger partial charge in [0.1, 0.15) is 10.1 Å². The van der Waals surface area contributed by atoms with Crippen LogP contribution in [0, 0.1) is 5.92 Å². The van der Waals surface area contributed by atoms with Gasteiger partial charge in [-0.1, -0.05) is 43.8 Å². The molecule has 0 fully saturated rings. The van der Waals surface area contributed by atoms with Crippen molar-refractivity contribution in [3.63, 3.8) is 0 Å². The van der Waals surface area contributed by atoms with Crippen molar-refractivity contribution in [1.82, 2.24) is 9.55 Å². The number of hydrogen-bond donors (Lipinski definition) is 0. The third-order valence-corrected chi connectivity index (χ3v) is 7.55. The first-order valence-corrected chi connectivity index (χ1v) is 12.1. The maximum absolute atomic E-state index is 13.7. The van der Waals surface area contributed by atoms with Gasteiger partial charge in [-0.05, 0) is 56.2 Å². The summed E-state index contributed by atoms with van der Waals surface area (Å²) in [7, 11) is 0. The van der Waals surface area contributed by atoms with E-state index in [1.807, 2.05) is 37.3 Å². The van der Waals surface area contributed by atoms with E-state index >= 15 is 0 Å². The highest BCUT2D eigenvalue weighted by molar-refractivity contribution is 8.00. The van der Waals surface area contributed by atoms with E-state index in [0.29, 0.717) is 17.7 Å². The van der Waals surface area contributed by atoms with Gasteiger partial charge < -0.3 is 4.74 Å². The fraction of sp³-hybridized carbons (Fsp3) is 0.435. The van der Waals surface area contributed by atoms with Gasteiger partial charge in [-0.2, -0.15) is 0 Å². The number of ether oxygens (including phenoxy) is 1. The first kappa shape index (κ1) is 21.1. The van der Waals surface area contributed by atoms with Crippen molar-refractivity contribution >= 4 is 39.3 Å².